The zero-order chi connectivity index (χ0) is 26.0. The van der Waals surface area contributed by atoms with Gasteiger partial charge in [0.1, 0.15) is 11.6 Å². The van der Waals surface area contributed by atoms with E-state index in [2.05, 4.69) is 27.6 Å². The molecule has 37 heavy (non-hydrogen) atoms. The number of carbonyl (C=O) groups is 1. The Morgan fingerprint density at radius 1 is 0.838 bits per heavy atom. The van der Waals surface area contributed by atoms with Crippen molar-refractivity contribution in [2.24, 2.45) is 0 Å². The molecule has 0 unspecified atom stereocenters. The minimum atomic E-state index is -0.0790. The minimum absolute atomic E-state index is 0.0790. The zero-order valence-corrected chi connectivity index (χ0v) is 22.0. The number of hydrogen-bond donors (Lipinski definition) is 1. The summed E-state index contributed by atoms with van der Waals surface area (Å²) in [6.45, 7) is 0.507. The molecule has 1 N–H and O–H groups in total. The Labute approximate surface area is 221 Å². The smallest absolute Gasteiger partial charge is 0.230 e. The molecule has 0 fully saturated rings. The van der Waals surface area contributed by atoms with Crippen LogP contribution < -0.4 is 19.5 Å². The van der Waals surface area contributed by atoms with E-state index in [1.165, 1.54) is 11.8 Å². The molecule has 0 spiro atoms. The number of hydrogen-bond acceptors (Lipinski definition) is 7. The SMILES string of the molecule is COc1ccc(CCNC(=O)CSc2nnc(Cc3ccccc3)n2-c2ccccc2OC)cc1OC. The molecule has 0 aliphatic heterocycles. The molecule has 0 aliphatic rings. The normalized spacial score (nSPS) is 10.7. The Morgan fingerprint density at radius 2 is 1.57 bits per heavy atom. The molecular weight excluding hydrogens is 488 g/mol. The number of methoxy groups -OCH3 is 3. The third-order valence-corrected chi connectivity index (χ3v) is 6.68. The second-order valence-corrected chi connectivity index (χ2v) is 9.09. The monoisotopic (exact) mass is 518 g/mol. The largest absolute Gasteiger partial charge is 0.495 e. The highest BCUT2D eigenvalue weighted by Gasteiger charge is 2.19. The van der Waals surface area contributed by atoms with Crippen molar-refractivity contribution < 1.29 is 19.0 Å². The van der Waals surface area contributed by atoms with E-state index < -0.39 is 0 Å². The van der Waals surface area contributed by atoms with Crippen LogP contribution in [0.1, 0.15) is 17.0 Å². The summed E-state index contributed by atoms with van der Waals surface area (Å²) < 4.78 is 18.2. The van der Waals surface area contributed by atoms with Gasteiger partial charge in [-0.05, 0) is 41.8 Å². The number of para-hydroxylation sites is 2. The highest BCUT2D eigenvalue weighted by molar-refractivity contribution is 7.99. The zero-order valence-electron chi connectivity index (χ0n) is 21.1. The summed E-state index contributed by atoms with van der Waals surface area (Å²) in [6.07, 6.45) is 1.28. The number of thioether (sulfide) groups is 1. The van der Waals surface area contributed by atoms with Crippen molar-refractivity contribution in [2.75, 3.05) is 33.6 Å². The van der Waals surface area contributed by atoms with Crippen LogP contribution in [-0.4, -0.2) is 54.3 Å². The molecule has 1 heterocycles. The lowest BCUT2D eigenvalue weighted by Gasteiger charge is -2.14. The number of ether oxygens (including phenoxy) is 3. The molecule has 1 amide bonds. The molecule has 3 aromatic carbocycles. The van der Waals surface area contributed by atoms with Gasteiger partial charge in [0.05, 0.1) is 32.8 Å². The third kappa shape index (κ3) is 6.62. The van der Waals surface area contributed by atoms with Crippen LogP contribution in [-0.2, 0) is 17.6 Å². The first-order valence-electron chi connectivity index (χ1n) is 11.8. The van der Waals surface area contributed by atoms with E-state index >= 15 is 0 Å². The van der Waals surface area contributed by atoms with Gasteiger partial charge in [-0.15, -0.1) is 10.2 Å². The minimum Gasteiger partial charge on any atom is -0.495 e. The molecule has 8 nitrogen and oxygen atoms in total. The summed E-state index contributed by atoms with van der Waals surface area (Å²) >= 11 is 1.34. The van der Waals surface area contributed by atoms with Gasteiger partial charge < -0.3 is 19.5 Å². The van der Waals surface area contributed by atoms with Gasteiger partial charge in [0.25, 0.3) is 0 Å². The molecule has 0 saturated heterocycles. The number of benzene rings is 3. The molecule has 4 aromatic rings. The van der Waals surface area contributed by atoms with Crippen molar-refractivity contribution in [1.29, 1.82) is 0 Å². The van der Waals surface area contributed by atoms with Crippen molar-refractivity contribution in [2.45, 2.75) is 18.0 Å². The number of nitrogens with one attached hydrogen (secondary N) is 1. The first-order chi connectivity index (χ1) is 18.1. The van der Waals surface area contributed by atoms with Gasteiger partial charge in [-0.25, -0.2) is 0 Å². The van der Waals surface area contributed by atoms with E-state index in [0.717, 1.165) is 22.6 Å². The lowest BCUT2D eigenvalue weighted by molar-refractivity contribution is -0.118. The van der Waals surface area contributed by atoms with Gasteiger partial charge in [-0.1, -0.05) is 60.3 Å². The fourth-order valence-corrected chi connectivity index (χ4v) is 4.70. The Balaban J connectivity index is 1.43. The number of amides is 1. The van der Waals surface area contributed by atoms with Crippen molar-refractivity contribution in [3.63, 3.8) is 0 Å². The van der Waals surface area contributed by atoms with Crippen LogP contribution in [0.3, 0.4) is 0 Å². The summed E-state index contributed by atoms with van der Waals surface area (Å²) in [7, 11) is 4.85. The lowest BCUT2D eigenvalue weighted by Crippen LogP contribution is -2.27. The maximum absolute atomic E-state index is 12.6. The number of aromatic nitrogens is 3. The van der Waals surface area contributed by atoms with E-state index in [9.17, 15) is 4.79 Å². The summed E-state index contributed by atoms with van der Waals surface area (Å²) in [5, 5.41) is 12.5. The van der Waals surface area contributed by atoms with Gasteiger partial charge in [0.15, 0.2) is 16.7 Å². The van der Waals surface area contributed by atoms with Crippen LogP contribution in [0.25, 0.3) is 5.69 Å². The van der Waals surface area contributed by atoms with Crippen molar-refractivity contribution >= 4 is 17.7 Å². The van der Waals surface area contributed by atoms with Crippen LogP contribution in [0, 0.1) is 0 Å². The molecule has 0 bridgehead atoms. The fourth-order valence-electron chi connectivity index (χ4n) is 3.91. The summed E-state index contributed by atoms with van der Waals surface area (Å²) in [5.41, 5.74) is 3.00. The van der Waals surface area contributed by atoms with Crippen LogP contribution in [0.15, 0.2) is 78.0 Å². The van der Waals surface area contributed by atoms with Crippen LogP contribution in [0.5, 0.6) is 17.2 Å². The quantitative estimate of drug-likeness (QED) is 0.279. The summed E-state index contributed by atoms with van der Waals surface area (Å²) in [5.74, 6) is 2.96. The summed E-state index contributed by atoms with van der Waals surface area (Å²) in [4.78, 5) is 12.6. The molecule has 0 saturated carbocycles. The predicted octanol–water partition coefficient (Wildman–Crippen LogP) is 4.33. The molecule has 9 heteroatoms. The number of carbonyl (C=O) groups excluding carboxylic acids is 1. The first kappa shape index (κ1) is 26.1. The van der Waals surface area contributed by atoms with Gasteiger partial charge in [-0.3, -0.25) is 9.36 Å². The fraction of sp³-hybridized carbons (Fsp3) is 0.250. The van der Waals surface area contributed by atoms with Crippen LogP contribution >= 0.6 is 11.8 Å². The Hall–Kier alpha value is -3.98. The molecule has 4 rings (SSSR count). The molecule has 192 valence electrons. The van der Waals surface area contributed by atoms with E-state index in [1.54, 1.807) is 21.3 Å². The first-order valence-corrected chi connectivity index (χ1v) is 12.8. The van der Waals surface area contributed by atoms with Crippen LogP contribution in [0.2, 0.25) is 0 Å². The van der Waals surface area contributed by atoms with Crippen molar-refractivity contribution in [3.05, 3.63) is 89.7 Å². The average molecular weight is 519 g/mol. The van der Waals surface area contributed by atoms with Crippen LogP contribution in [0.4, 0.5) is 0 Å². The third-order valence-electron chi connectivity index (χ3n) is 5.75. The maximum atomic E-state index is 12.6. The van der Waals surface area contributed by atoms with E-state index in [-0.39, 0.29) is 11.7 Å². The second kappa shape index (κ2) is 12.8. The summed E-state index contributed by atoms with van der Waals surface area (Å²) in [6, 6.07) is 23.6. The highest BCUT2D eigenvalue weighted by atomic mass is 32.2. The highest BCUT2D eigenvalue weighted by Crippen LogP contribution is 2.30. The molecular formula is C28H30N4O4S. The lowest BCUT2D eigenvalue weighted by atomic mass is 10.1. The maximum Gasteiger partial charge on any atom is 0.230 e. The van der Waals surface area contributed by atoms with Gasteiger partial charge in [0, 0.05) is 13.0 Å². The molecule has 0 atom stereocenters. The Kier molecular flexibility index (Phi) is 9.04. The molecule has 0 radical (unpaired) electrons. The standard InChI is InChI=1S/C28H30N4O4S/c1-34-23-12-8-7-11-22(23)32-26(18-20-9-5-4-6-10-20)30-31-28(32)37-19-27(33)29-16-15-21-13-14-24(35-2)25(17-21)36-3/h4-14,17H,15-16,18-19H2,1-3H3,(H,29,33). The van der Waals surface area contributed by atoms with Gasteiger partial charge in [-0.2, -0.15) is 0 Å². The Morgan fingerprint density at radius 3 is 2.32 bits per heavy atom. The van der Waals surface area contributed by atoms with Crippen molar-refractivity contribution in [1.82, 2.24) is 20.1 Å². The average Bonchev–Trinajstić information content (AvgIpc) is 3.34. The van der Waals surface area contributed by atoms with Gasteiger partial charge in [0.2, 0.25) is 5.91 Å². The Bertz CT molecular complexity index is 1330. The van der Waals surface area contributed by atoms with E-state index in [1.807, 2.05) is 65.2 Å². The molecule has 0 aliphatic carbocycles. The van der Waals surface area contributed by atoms with E-state index in [4.69, 9.17) is 14.2 Å². The number of rotatable bonds is 12. The topological polar surface area (TPSA) is 87.5 Å². The number of nitrogens with zero attached hydrogens (tertiary/aromatic N) is 3. The van der Waals surface area contributed by atoms with E-state index in [0.29, 0.717) is 41.8 Å². The predicted molar refractivity (Wildman–Crippen MR) is 144 cm³/mol. The molecule has 1 aromatic heterocycles. The van der Waals surface area contributed by atoms with Gasteiger partial charge >= 0.3 is 0 Å². The second-order valence-electron chi connectivity index (χ2n) is 8.15. The van der Waals surface area contributed by atoms with Crippen molar-refractivity contribution in [3.8, 4) is 22.9 Å².